The molecule has 1 atom stereocenters. The number of benzene rings is 2. The molecule has 0 radical (unpaired) electrons. The van der Waals surface area contributed by atoms with Gasteiger partial charge >= 0.3 is 0 Å². The third-order valence-corrected chi connectivity index (χ3v) is 4.51. The molecule has 0 aliphatic heterocycles. The zero-order valence-corrected chi connectivity index (χ0v) is 13.1. The van der Waals surface area contributed by atoms with E-state index in [1.54, 1.807) is 6.07 Å². The van der Waals surface area contributed by atoms with Crippen LogP contribution < -0.4 is 0 Å². The van der Waals surface area contributed by atoms with Gasteiger partial charge in [0.25, 0.3) is 0 Å². The lowest BCUT2D eigenvalue weighted by molar-refractivity contribution is 0.766. The summed E-state index contributed by atoms with van der Waals surface area (Å²) in [6, 6.07) is 13.4. The van der Waals surface area contributed by atoms with Gasteiger partial charge in [-0.05, 0) is 35.7 Å². The summed E-state index contributed by atoms with van der Waals surface area (Å²) in [5, 5.41) is 1.90. The second kappa shape index (κ2) is 6.85. The first kappa shape index (κ1) is 15.0. The molecule has 0 amide bonds. The van der Waals surface area contributed by atoms with Crippen LogP contribution in [0.15, 0.2) is 42.5 Å². The number of rotatable bonds is 4. The van der Waals surface area contributed by atoms with Crippen LogP contribution in [0.25, 0.3) is 0 Å². The fourth-order valence-corrected chi connectivity index (χ4v) is 2.78. The summed E-state index contributed by atoms with van der Waals surface area (Å²) in [5.74, 6) is 0.708. The molecule has 1 unspecified atom stereocenters. The van der Waals surface area contributed by atoms with Gasteiger partial charge in [0.05, 0.1) is 10.0 Å². The number of hydrogen-bond donors (Lipinski definition) is 0. The maximum absolute atomic E-state index is 6.21. The maximum atomic E-state index is 6.21. The van der Waals surface area contributed by atoms with Crippen LogP contribution in [-0.4, -0.2) is 5.88 Å². The van der Waals surface area contributed by atoms with Gasteiger partial charge in [0.15, 0.2) is 0 Å². The topological polar surface area (TPSA) is 0 Å². The molecule has 0 spiro atoms. The van der Waals surface area contributed by atoms with Crippen LogP contribution in [0.5, 0.6) is 0 Å². The molecule has 2 aromatic carbocycles. The number of alkyl halides is 1. The van der Waals surface area contributed by atoms with Crippen molar-refractivity contribution < 1.29 is 0 Å². The standard InChI is InChI=1S/C15H12Cl4/c16-9-12(10-4-6-13(17)7-5-10)8-11-2-1-3-14(18)15(11)19/h1-7,12H,8-9H2. The van der Waals surface area contributed by atoms with Gasteiger partial charge in [-0.2, -0.15) is 0 Å². The van der Waals surface area contributed by atoms with Crippen molar-refractivity contribution >= 4 is 46.4 Å². The van der Waals surface area contributed by atoms with Crippen LogP contribution in [-0.2, 0) is 6.42 Å². The molecular formula is C15H12Cl4. The van der Waals surface area contributed by atoms with Crippen molar-refractivity contribution in [2.45, 2.75) is 12.3 Å². The van der Waals surface area contributed by atoms with Crippen LogP contribution in [0, 0.1) is 0 Å². The quantitative estimate of drug-likeness (QED) is 0.583. The Morgan fingerprint density at radius 1 is 0.895 bits per heavy atom. The molecule has 2 aromatic rings. The van der Waals surface area contributed by atoms with Gasteiger partial charge in [0.1, 0.15) is 0 Å². The molecule has 2 rings (SSSR count). The normalized spacial score (nSPS) is 12.4. The minimum Gasteiger partial charge on any atom is -0.126 e. The molecule has 100 valence electrons. The summed E-state index contributed by atoms with van der Waals surface area (Å²) in [6.45, 7) is 0. The lowest BCUT2D eigenvalue weighted by atomic mass is 9.93. The van der Waals surface area contributed by atoms with E-state index in [-0.39, 0.29) is 5.92 Å². The van der Waals surface area contributed by atoms with Gasteiger partial charge in [-0.3, -0.25) is 0 Å². The Morgan fingerprint density at radius 2 is 1.58 bits per heavy atom. The van der Waals surface area contributed by atoms with Crippen LogP contribution >= 0.6 is 46.4 Å². The first-order valence-electron chi connectivity index (χ1n) is 5.86. The van der Waals surface area contributed by atoms with Crippen molar-refractivity contribution in [3.8, 4) is 0 Å². The second-order valence-corrected chi connectivity index (χ2v) is 5.85. The molecule has 0 N–H and O–H groups in total. The van der Waals surface area contributed by atoms with Crippen LogP contribution in [0.4, 0.5) is 0 Å². The largest absolute Gasteiger partial charge is 0.126 e. The summed E-state index contributed by atoms with van der Waals surface area (Å²) in [6.07, 6.45) is 0.754. The fourth-order valence-electron chi connectivity index (χ4n) is 1.97. The fraction of sp³-hybridized carbons (Fsp3) is 0.200. The maximum Gasteiger partial charge on any atom is 0.0624 e. The SMILES string of the molecule is ClCC(Cc1cccc(Cl)c1Cl)c1ccc(Cl)cc1. The van der Waals surface area contributed by atoms with E-state index in [4.69, 9.17) is 46.4 Å². The smallest absolute Gasteiger partial charge is 0.0624 e. The minimum atomic E-state index is 0.190. The monoisotopic (exact) mass is 332 g/mol. The lowest BCUT2D eigenvalue weighted by Crippen LogP contribution is -2.05. The molecule has 0 aliphatic carbocycles. The number of halogens is 4. The van der Waals surface area contributed by atoms with Crippen molar-refractivity contribution in [3.05, 3.63) is 68.7 Å². The predicted molar refractivity (Wildman–Crippen MR) is 85.1 cm³/mol. The second-order valence-electron chi connectivity index (χ2n) is 4.32. The van der Waals surface area contributed by atoms with Crippen molar-refractivity contribution in [2.75, 3.05) is 5.88 Å². The van der Waals surface area contributed by atoms with E-state index in [9.17, 15) is 0 Å². The van der Waals surface area contributed by atoms with E-state index in [1.807, 2.05) is 36.4 Å². The molecule has 4 heteroatoms. The Morgan fingerprint density at radius 3 is 2.21 bits per heavy atom. The van der Waals surface area contributed by atoms with Crippen molar-refractivity contribution in [1.82, 2.24) is 0 Å². The Kier molecular flexibility index (Phi) is 5.41. The first-order valence-corrected chi connectivity index (χ1v) is 7.53. The van der Waals surface area contributed by atoms with E-state index in [0.29, 0.717) is 15.9 Å². The molecule has 0 aliphatic rings. The Balaban J connectivity index is 2.24. The Labute approximate surface area is 133 Å². The molecule has 19 heavy (non-hydrogen) atoms. The summed E-state index contributed by atoms with van der Waals surface area (Å²) >= 11 is 24.2. The molecule has 0 nitrogen and oxygen atoms in total. The highest BCUT2D eigenvalue weighted by Crippen LogP contribution is 2.31. The number of hydrogen-bond acceptors (Lipinski definition) is 0. The molecular weight excluding hydrogens is 322 g/mol. The van der Waals surface area contributed by atoms with Crippen LogP contribution in [0.1, 0.15) is 17.0 Å². The van der Waals surface area contributed by atoms with Crippen LogP contribution in [0.2, 0.25) is 15.1 Å². The molecule has 0 heterocycles. The van der Waals surface area contributed by atoms with Gasteiger partial charge in [0, 0.05) is 16.8 Å². The highest BCUT2D eigenvalue weighted by molar-refractivity contribution is 6.42. The predicted octanol–water partition coefficient (Wildman–Crippen LogP) is 6.21. The van der Waals surface area contributed by atoms with E-state index >= 15 is 0 Å². The third-order valence-electron chi connectivity index (χ3n) is 3.03. The van der Waals surface area contributed by atoms with E-state index in [0.717, 1.165) is 22.6 Å². The van der Waals surface area contributed by atoms with Crippen molar-refractivity contribution in [2.24, 2.45) is 0 Å². The van der Waals surface area contributed by atoms with E-state index < -0.39 is 0 Å². The third kappa shape index (κ3) is 3.79. The summed E-state index contributed by atoms with van der Waals surface area (Å²) in [7, 11) is 0. The molecule has 0 saturated carbocycles. The average Bonchev–Trinajstić information content (AvgIpc) is 2.42. The van der Waals surface area contributed by atoms with Crippen molar-refractivity contribution in [3.63, 3.8) is 0 Å². The Hall–Kier alpha value is -0.400. The highest BCUT2D eigenvalue weighted by atomic mass is 35.5. The van der Waals surface area contributed by atoms with Crippen molar-refractivity contribution in [1.29, 1.82) is 0 Å². The van der Waals surface area contributed by atoms with Gasteiger partial charge in [-0.25, -0.2) is 0 Å². The van der Waals surface area contributed by atoms with Gasteiger partial charge in [-0.15, -0.1) is 11.6 Å². The van der Waals surface area contributed by atoms with Gasteiger partial charge in [-0.1, -0.05) is 59.1 Å². The molecule has 0 aromatic heterocycles. The van der Waals surface area contributed by atoms with E-state index in [2.05, 4.69) is 0 Å². The zero-order chi connectivity index (χ0) is 13.8. The highest BCUT2D eigenvalue weighted by Gasteiger charge is 2.14. The lowest BCUT2D eigenvalue weighted by Gasteiger charge is -2.16. The zero-order valence-electron chi connectivity index (χ0n) is 10.0. The first-order chi connectivity index (χ1) is 9.11. The summed E-state index contributed by atoms with van der Waals surface area (Å²) in [5.41, 5.74) is 2.16. The molecule has 0 saturated heterocycles. The molecule has 0 bridgehead atoms. The van der Waals surface area contributed by atoms with E-state index in [1.165, 1.54) is 0 Å². The Bertz CT molecular complexity index is 549. The average molecular weight is 334 g/mol. The summed E-state index contributed by atoms with van der Waals surface area (Å²) < 4.78 is 0. The van der Waals surface area contributed by atoms with Crippen LogP contribution in [0.3, 0.4) is 0 Å². The van der Waals surface area contributed by atoms with Gasteiger partial charge < -0.3 is 0 Å². The van der Waals surface area contributed by atoms with Gasteiger partial charge in [0.2, 0.25) is 0 Å². The summed E-state index contributed by atoms with van der Waals surface area (Å²) in [4.78, 5) is 0. The molecule has 0 fully saturated rings. The minimum absolute atomic E-state index is 0.190.